The van der Waals surface area contributed by atoms with Crippen molar-refractivity contribution in [3.8, 4) is 6.07 Å². The first-order valence-corrected chi connectivity index (χ1v) is 5.96. The molecule has 0 saturated carbocycles. The molecule has 1 atom stereocenters. The molecule has 0 aliphatic carbocycles. The van der Waals surface area contributed by atoms with E-state index in [2.05, 4.69) is 11.1 Å². The number of hydrogen-bond donors (Lipinski definition) is 1. The number of benzene rings is 2. The largest absolute Gasteiger partial charge is 0.282 e. The van der Waals surface area contributed by atoms with E-state index >= 15 is 0 Å². The molecule has 4 heteroatoms. The third kappa shape index (κ3) is 1.96. The van der Waals surface area contributed by atoms with E-state index in [4.69, 9.17) is 11.1 Å². The Labute approximate surface area is 111 Å². The van der Waals surface area contributed by atoms with Crippen molar-refractivity contribution in [1.82, 2.24) is 0 Å². The quantitative estimate of drug-likeness (QED) is 0.788. The number of anilines is 1. The van der Waals surface area contributed by atoms with Gasteiger partial charge in [-0.05, 0) is 23.8 Å². The highest BCUT2D eigenvalue weighted by atomic mass is 15.5. The van der Waals surface area contributed by atoms with Crippen LogP contribution in [0.4, 0.5) is 5.69 Å². The van der Waals surface area contributed by atoms with Crippen LogP contribution in [-0.2, 0) is 0 Å². The van der Waals surface area contributed by atoms with Crippen molar-refractivity contribution in [2.75, 3.05) is 5.01 Å². The lowest BCUT2D eigenvalue weighted by atomic mass is 10.1. The molecular formula is C15H12N4. The molecule has 0 bridgehead atoms. The fourth-order valence-electron chi connectivity index (χ4n) is 2.16. The van der Waals surface area contributed by atoms with Gasteiger partial charge in [-0.3, -0.25) is 10.0 Å². The van der Waals surface area contributed by atoms with Gasteiger partial charge in [0.05, 0.1) is 17.3 Å². The highest BCUT2D eigenvalue weighted by molar-refractivity contribution is 5.90. The molecule has 92 valence electrons. The lowest BCUT2D eigenvalue weighted by molar-refractivity contribution is 0.664. The summed E-state index contributed by atoms with van der Waals surface area (Å²) in [5.74, 6) is 6.15. The zero-order chi connectivity index (χ0) is 13.2. The van der Waals surface area contributed by atoms with Gasteiger partial charge in [-0.1, -0.05) is 30.3 Å². The number of rotatable bonds is 1. The Bertz CT molecular complexity index is 667. The topological polar surface area (TPSA) is 65.4 Å². The number of hydrazine groups is 1. The Morgan fingerprint density at radius 1 is 1.11 bits per heavy atom. The van der Waals surface area contributed by atoms with Crippen LogP contribution in [-0.4, -0.2) is 6.21 Å². The minimum Gasteiger partial charge on any atom is -0.282 e. The van der Waals surface area contributed by atoms with Crippen LogP contribution in [0.5, 0.6) is 0 Å². The lowest BCUT2D eigenvalue weighted by Gasteiger charge is -2.30. The minimum absolute atomic E-state index is 0.248. The van der Waals surface area contributed by atoms with Gasteiger partial charge in [-0.2, -0.15) is 5.26 Å². The Hall–Kier alpha value is -2.64. The van der Waals surface area contributed by atoms with Crippen LogP contribution in [0.15, 0.2) is 53.5 Å². The first-order valence-electron chi connectivity index (χ1n) is 5.96. The summed E-state index contributed by atoms with van der Waals surface area (Å²) in [5, 5.41) is 10.5. The summed E-state index contributed by atoms with van der Waals surface area (Å²) in [7, 11) is 0. The number of nitrogens with two attached hydrogens (primary N) is 1. The van der Waals surface area contributed by atoms with Crippen LogP contribution < -0.4 is 10.9 Å². The van der Waals surface area contributed by atoms with Crippen LogP contribution >= 0.6 is 0 Å². The summed E-state index contributed by atoms with van der Waals surface area (Å²) in [6.45, 7) is 0. The Morgan fingerprint density at radius 3 is 2.58 bits per heavy atom. The smallest absolute Gasteiger partial charge is 0.160 e. The van der Waals surface area contributed by atoms with E-state index in [1.807, 2.05) is 42.6 Å². The molecule has 2 N–H and O–H groups in total. The van der Waals surface area contributed by atoms with E-state index in [1.54, 1.807) is 17.1 Å². The monoisotopic (exact) mass is 248 g/mol. The van der Waals surface area contributed by atoms with Crippen LogP contribution in [0.2, 0.25) is 0 Å². The normalized spacial score (nSPS) is 16.8. The Kier molecular flexibility index (Phi) is 2.75. The predicted molar refractivity (Wildman–Crippen MR) is 74.6 cm³/mol. The highest BCUT2D eigenvalue weighted by Gasteiger charge is 2.22. The Morgan fingerprint density at radius 2 is 1.84 bits per heavy atom. The SMILES string of the molecule is N#Cc1ccc(C2N=Cc3ccccc3N2N)cc1. The molecule has 0 aromatic heterocycles. The van der Waals surface area contributed by atoms with E-state index in [9.17, 15) is 0 Å². The molecule has 1 heterocycles. The van der Waals surface area contributed by atoms with Crippen molar-refractivity contribution in [3.05, 3.63) is 65.2 Å². The zero-order valence-corrected chi connectivity index (χ0v) is 10.2. The van der Waals surface area contributed by atoms with Crippen molar-refractivity contribution in [2.24, 2.45) is 10.8 Å². The molecule has 1 unspecified atom stereocenters. The fourth-order valence-corrected chi connectivity index (χ4v) is 2.16. The molecule has 1 aliphatic heterocycles. The van der Waals surface area contributed by atoms with Crippen molar-refractivity contribution < 1.29 is 0 Å². The highest BCUT2D eigenvalue weighted by Crippen LogP contribution is 2.30. The summed E-state index contributed by atoms with van der Waals surface area (Å²) in [6, 6.07) is 17.3. The van der Waals surface area contributed by atoms with Gasteiger partial charge in [0.25, 0.3) is 0 Å². The fraction of sp³-hybridized carbons (Fsp3) is 0.0667. The molecule has 4 nitrogen and oxygen atoms in total. The second-order valence-corrected chi connectivity index (χ2v) is 4.35. The number of para-hydroxylation sites is 1. The van der Waals surface area contributed by atoms with Gasteiger partial charge in [0, 0.05) is 11.8 Å². The van der Waals surface area contributed by atoms with E-state index < -0.39 is 0 Å². The first kappa shape index (κ1) is 11.5. The molecule has 0 spiro atoms. The van der Waals surface area contributed by atoms with Crippen molar-refractivity contribution in [3.63, 3.8) is 0 Å². The average Bonchev–Trinajstić information content (AvgIpc) is 2.48. The van der Waals surface area contributed by atoms with Gasteiger partial charge in [0.15, 0.2) is 6.17 Å². The maximum atomic E-state index is 8.81. The van der Waals surface area contributed by atoms with Gasteiger partial charge in [-0.25, -0.2) is 5.84 Å². The molecule has 0 saturated heterocycles. The summed E-state index contributed by atoms with van der Waals surface area (Å²) in [6.07, 6.45) is 1.59. The lowest BCUT2D eigenvalue weighted by Crippen LogP contribution is -2.37. The molecule has 19 heavy (non-hydrogen) atoms. The molecular weight excluding hydrogens is 236 g/mol. The summed E-state index contributed by atoms with van der Waals surface area (Å²) in [4.78, 5) is 4.47. The summed E-state index contributed by atoms with van der Waals surface area (Å²) in [5.41, 5.74) is 3.56. The van der Waals surface area contributed by atoms with Crippen LogP contribution in [0.3, 0.4) is 0 Å². The van der Waals surface area contributed by atoms with Gasteiger partial charge in [0.1, 0.15) is 0 Å². The van der Waals surface area contributed by atoms with Crippen molar-refractivity contribution >= 4 is 11.9 Å². The zero-order valence-electron chi connectivity index (χ0n) is 10.2. The van der Waals surface area contributed by atoms with Crippen LogP contribution in [0.25, 0.3) is 0 Å². The first-order chi connectivity index (χ1) is 9.29. The number of hydrogen-bond acceptors (Lipinski definition) is 4. The van der Waals surface area contributed by atoms with Gasteiger partial charge in [-0.15, -0.1) is 0 Å². The summed E-state index contributed by atoms with van der Waals surface area (Å²) >= 11 is 0. The molecule has 2 aromatic carbocycles. The van der Waals surface area contributed by atoms with Gasteiger partial charge in [0.2, 0.25) is 0 Å². The third-order valence-corrected chi connectivity index (χ3v) is 3.17. The van der Waals surface area contributed by atoms with Crippen molar-refractivity contribution in [2.45, 2.75) is 6.17 Å². The maximum absolute atomic E-state index is 8.81. The molecule has 0 fully saturated rings. The third-order valence-electron chi connectivity index (χ3n) is 3.17. The molecule has 2 aromatic rings. The molecule has 0 radical (unpaired) electrons. The number of aliphatic imine (C=N–C) groups is 1. The van der Waals surface area contributed by atoms with E-state index in [1.165, 1.54) is 0 Å². The number of nitrogens with zero attached hydrogens (tertiary/aromatic N) is 3. The van der Waals surface area contributed by atoms with E-state index in [0.717, 1.165) is 16.8 Å². The second kappa shape index (κ2) is 4.56. The van der Waals surface area contributed by atoms with E-state index in [-0.39, 0.29) is 6.17 Å². The standard InChI is InChI=1S/C15H12N4/c16-9-11-5-7-12(8-6-11)15-18-10-13-3-1-2-4-14(13)19(15)17/h1-8,10,15H,17H2. The maximum Gasteiger partial charge on any atom is 0.160 e. The summed E-state index contributed by atoms with van der Waals surface area (Å²) < 4.78 is 0. The Balaban J connectivity index is 1.98. The van der Waals surface area contributed by atoms with Crippen LogP contribution in [0, 0.1) is 11.3 Å². The second-order valence-electron chi connectivity index (χ2n) is 4.35. The average molecular weight is 248 g/mol. The molecule has 3 rings (SSSR count). The number of fused-ring (bicyclic) bond motifs is 1. The molecule has 1 aliphatic rings. The van der Waals surface area contributed by atoms with Gasteiger partial charge < -0.3 is 0 Å². The molecule has 0 amide bonds. The van der Waals surface area contributed by atoms with Gasteiger partial charge >= 0.3 is 0 Å². The van der Waals surface area contributed by atoms with Crippen molar-refractivity contribution in [1.29, 1.82) is 5.26 Å². The number of nitriles is 1. The predicted octanol–water partition coefficient (Wildman–Crippen LogP) is 2.37. The van der Waals surface area contributed by atoms with E-state index in [0.29, 0.717) is 5.56 Å². The van der Waals surface area contributed by atoms with Crippen LogP contribution in [0.1, 0.15) is 22.9 Å². The minimum atomic E-state index is -0.248.